The van der Waals surface area contributed by atoms with Gasteiger partial charge in [0.05, 0.1) is 36.3 Å². The fourth-order valence-electron chi connectivity index (χ4n) is 8.68. The van der Waals surface area contributed by atoms with Crippen molar-refractivity contribution in [2.24, 2.45) is 0 Å². The zero-order valence-corrected chi connectivity index (χ0v) is 52.7. The third-order valence-electron chi connectivity index (χ3n) is 13.4. The second kappa shape index (κ2) is 63.4. The average molecular weight is 1180 g/mol. The molecule has 2 aromatic carbocycles. The monoisotopic (exact) mass is 1180 g/mol. The second-order valence-corrected chi connectivity index (χ2v) is 20.4. The van der Waals surface area contributed by atoms with Crippen LogP contribution < -0.4 is 10.2 Å². The summed E-state index contributed by atoms with van der Waals surface area (Å²) in [5, 5.41) is 22.1. The topological polar surface area (TPSA) is 133 Å². The first kappa shape index (κ1) is 77.8. The van der Waals surface area contributed by atoms with Crippen LogP contribution in [0.4, 0.5) is 0 Å². The van der Waals surface area contributed by atoms with Crippen molar-refractivity contribution in [3.63, 3.8) is 0 Å². The minimum absolute atomic E-state index is 0. The second-order valence-electron chi connectivity index (χ2n) is 20.4. The van der Waals surface area contributed by atoms with Gasteiger partial charge in [0.25, 0.3) is 0 Å². The minimum Gasteiger partial charge on any atom is -0.545 e. The van der Waals surface area contributed by atoms with Crippen molar-refractivity contribution in [2.45, 2.75) is 285 Å². The van der Waals surface area contributed by atoms with E-state index in [1.54, 1.807) is 24.3 Å². The molecule has 0 unspecified atom stereocenters. The van der Waals surface area contributed by atoms with Crippen molar-refractivity contribution >= 4 is 47.8 Å². The predicted octanol–water partition coefficient (Wildman–Crippen LogP) is 18.5. The zero-order valence-electron chi connectivity index (χ0n) is 49.8. The van der Waals surface area contributed by atoms with Gasteiger partial charge in [0.15, 0.2) is 0 Å². The number of carboxylic acid groups (broad SMARTS) is 2. The number of carbonyl (C=O) groups is 4. The molecule has 0 fully saturated rings. The molecule has 2 rings (SSSR count). The Balaban J connectivity index is -0.00000109. The number of ether oxygens (including phenoxy) is 2. The van der Waals surface area contributed by atoms with E-state index in [2.05, 4.69) is 65.8 Å². The largest absolute Gasteiger partial charge is 2.00 e. The summed E-state index contributed by atoms with van der Waals surface area (Å²) in [6.45, 7) is 16.9. The smallest absolute Gasteiger partial charge is 0.545 e. The number of esters is 2. The molecule has 0 aromatic heterocycles. The fraction of sp³-hybridized carbons (Fsp3) is 0.676. The minimum atomic E-state index is -1.36. The van der Waals surface area contributed by atoms with Crippen LogP contribution in [0.3, 0.4) is 0 Å². The molecule has 0 saturated carbocycles. The number of unbranched alkanes of at least 4 members (excludes halogenated alkanes) is 36. The molecule has 0 spiro atoms. The molecule has 2 aromatic rings. The fourth-order valence-corrected chi connectivity index (χ4v) is 8.68. The number of rotatable bonds is 46. The maximum Gasteiger partial charge on any atom is 2.00 e. The van der Waals surface area contributed by atoms with Crippen LogP contribution in [0.1, 0.15) is 326 Å². The van der Waals surface area contributed by atoms with Gasteiger partial charge in [-0.1, -0.05) is 307 Å². The summed E-state index contributed by atoms with van der Waals surface area (Å²) in [5.74, 6) is -3.90. The molecule has 0 aliphatic carbocycles. The summed E-state index contributed by atoms with van der Waals surface area (Å²) in [4.78, 5) is 46.1. The molecule has 9 heteroatoms. The van der Waals surface area contributed by atoms with E-state index in [4.69, 9.17) is 9.47 Å². The Bertz CT molecular complexity index is 1540. The Labute approximate surface area is 490 Å². The molecular weight excluding hydrogens is 1060 g/mol. The molecule has 8 nitrogen and oxygen atoms in total. The van der Waals surface area contributed by atoms with Crippen LogP contribution in [0.15, 0.2) is 72.8 Å². The van der Waals surface area contributed by atoms with Gasteiger partial charge in [0.1, 0.15) is 0 Å². The van der Waals surface area contributed by atoms with Gasteiger partial charge in [-0.2, -0.15) is 0 Å². The molecule has 436 valence electrons. The summed E-state index contributed by atoms with van der Waals surface area (Å²) < 4.78 is 10.4. The molecule has 0 N–H and O–H groups in total. The molecule has 0 aliphatic heterocycles. The van der Waals surface area contributed by atoms with Gasteiger partial charge >= 0.3 is 35.8 Å². The van der Waals surface area contributed by atoms with Crippen molar-refractivity contribution in [3.05, 3.63) is 109 Å². The van der Waals surface area contributed by atoms with Gasteiger partial charge in [-0.3, -0.25) is 0 Å². The van der Waals surface area contributed by atoms with E-state index in [0.29, 0.717) is 13.2 Å². The Morgan fingerprint density at radius 1 is 0.377 bits per heavy atom. The average Bonchev–Trinajstić information content (AvgIpc) is 3.43. The van der Waals surface area contributed by atoms with Crippen molar-refractivity contribution < 1.29 is 38.9 Å². The number of carbonyl (C=O) groups excluding carboxylic acids is 4. The third-order valence-corrected chi connectivity index (χ3v) is 13.4. The van der Waals surface area contributed by atoms with E-state index >= 15 is 0 Å². The third kappa shape index (κ3) is 53.0. The Morgan fingerprint density at radius 3 is 0.857 bits per heavy atom. The van der Waals surface area contributed by atoms with Crippen molar-refractivity contribution in [2.75, 3.05) is 13.2 Å². The normalized spacial score (nSPS) is 10.7. The summed E-state index contributed by atoms with van der Waals surface area (Å²) in [5.41, 5.74) is -0.115. The molecule has 77 heavy (non-hydrogen) atoms. The summed E-state index contributed by atoms with van der Waals surface area (Å²) in [6.07, 6.45) is 59.9. The van der Waals surface area contributed by atoms with Crippen LogP contribution >= 0.6 is 0 Å². The Morgan fingerprint density at radius 2 is 0.610 bits per heavy atom. The van der Waals surface area contributed by atoms with Crippen LogP contribution in [-0.2, 0) is 9.47 Å². The van der Waals surface area contributed by atoms with E-state index in [-0.39, 0.29) is 46.2 Å². The van der Waals surface area contributed by atoms with Crippen LogP contribution in [-0.4, -0.2) is 61.0 Å². The van der Waals surface area contributed by atoms with Gasteiger partial charge in [-0.25, -0.2) is 9.59 Å². The first-order valence-electron chi connectivity index (χ1n) is 30.9. The van der Waals surface area contributed by atoms with E-state index < -0.39 is 23.9 Å². The molecule has 0 saturated heterocycles. The van der Waals surface area contributed by atoms with Crippen LogP contribution in [0.25, 0.3) is 0 Å². The first-order chi connectivity index (χ1) is 37.2. The quantitative estimate of drug-likeness (QED) is 0.0277. The van der Waals surface area contributed by atoms with Crippen molar-refractivity contribution in [1.29, 1.82) is 0 Å². The summed E-state index contributed by atoms with van der Waals surface area (Å²) in [6, 6.07) is 12.0. The zero-order chi connectivity index (χ0) is 56.2. The van der Waals surface area contributed by atoms with E-state index in [1.807, 2.05) is 0 Å². The molecule has 0 aliphatic rings. The van der Waals surface area contributed by atoms with Gasteiger partial charge in [0, 0.05) is 11.1 Å². The van der Waals surface area contributed by atoms with Crippen LogP contribution in [0.5, 0.6) is 0 Å². The molecule has 0 heterocycles. The van der Waals surface area contributed by atoms with Crippen LogP contribution in [0, 0.1) is 13.8 Å². The molecule has 0 amide bonds. The van der Waals surface area contributed by atoms with Crippen LogP contribution in [0.2, 0.25) is 0 Å². The van der Waals surface area contributed by atoms with Gasteiger partial charge < -0.3 is 29.3 Å². The number of allylic oxidation sites excluding steroid dienone is 4. The number of carboxylic acids is 2. The Hall–Kier alpha value is -3.40. The molecule has 0 atom stereocenters. The standard InChI is InChI=1S/2C26H40O4.2C8H17.Sn/c2*1-2-3-4-5-6-7-8-9-10-11-12-13-14-15-16-19-22-30-26(29)24-21-18-17-20-23(24)25(27)28;2*1-3-5-7-8-6-4-2;/h2*2-3,17-18,20-21H,4-16,19,22H2,1H3,(H,27,28);2*1,3-8H2,2H3;/q;;;;+2/p-2/b2*3-2+;;;. The first-order valence-corrected chi connectivity index (χ1v) is 30.9. The van der Waals surface area contributed by atoms with Crippen molar-refractivity contribution in [1.82, 2.24) is 0 Å². The van der Waals surface area contributed by atoms with E-state index in [0.717, 1.165) is 51.4 Å². The molecular formula is C68H112O8Sn. The number of hydrogen-bond donors (Lipinski definition) is 0. The Kier molecular flexibility index (Phi) is 64.1. The number of aromatic carboxylic acids is 2. The maximum absolute atomic E-state index is 12.0. The number of hydrogen-bond acceptors (Lipinski definition) is 8. The van der Waals surface area contributed by atoms with E-state index in [1.165, 1.54) is 230 Å². The molecule has 4 radical (unpaired) electrons. The predicted molar refractivity (Wildman–Crippen MR) is 324 cm³/mol. The number of benzene rings is 2. The van der Waals surface area contributed by atoms with Gasteiger partial charge in [-0.15, -0.1) is 0 Å². The van der Waals surface area contributed by atoms with Crippen molar-refractivity contribution in [3.8, 4) is 0 Å². The van der Waals surface area contributed by atoms with E-state index in [9.17, 15) is 29.4 Å². The SMILES string of the molecule is C/C=C/CCCCCCCCCCCCCCCOC(=O)c1ccccc1C(=O)[O-].C/C=C/CCCCCCCCCCCCCCCOC(=O)c1ccccc1C(=O)[O-].[CH2]CCCCCCC.[CH2]CCCCCCC.[Sn+2]. The molecule has 0 bridgehead atoms. The van der Waals surface area contributed by atoms with Gasteiger partial charge in [-0.05, 0) is 64.5 Å². The maximum atomic E-state index is 12.0. The van der Waals surface area contributed by atoms with Gasteiger partial charge in [0.2, 0.25) is 0 Å². The summed E-state index contributed by atoms with van der Waals surface area (Å²) >= 11 is 0. The summed E-state index contributed by atoms with van der Waals surface area (Å²) in [7, 11) is 0.